The Balaban J connectivity index is 1.37. The molecule has 0 bridgehead atoms. The van der Waals surface area contributed by atoms with Gasteiger partial charge in [-0.05, 0) is 42.4 Å². The molecule has 3 rings (SSSR count). The van der Waals surface area contributed by atoms with Gasteiger partial charge >= 0.3 is 0 Å². The zero-order valence-electron chi connectivity index (χ0n) is 15.5. The predicted molar refractivity (Wildman–Crippen MR) is 101 cm³/mol. The van der Waals surface area contributed by atoms with Gasteiger partial charge in [0.25, 0.3) is 0 Å². The van der Waals surface area contributed by atoms with Crippen LogP contribution in [0.1, 0.15) is 31.2 Å². The van der Waals surface area contributed by atoms with Gasteiger partial charge in [-0.1, -0.05) is 25.0 Å². The predicted octanol–water partition coefficient (Wildman–Crippen LogP) is 2.18. The van der Waals surface area contributed by atoms with Gasteiger partial charge < -0.3 is 15.5 Å². The first-order valence-electron chi connectivity index (χ1n) is 9.62. The molecule has 6 heteroatoms. The average Bonchev–Trinajstić information content (AvgIpc) is 3.07. The fraction of sp³-hybridized carbons (Fsp3) is 0.600. The van der Waals surface area contributed by atoms with E-state index < -0.39 is 0 Å². The summed E-state index contributed by atoms with van der Waals surface area (Å²) in [7, 11) is 1.82. The van der Waals surface area contributed by atoms with Crippen LogP contribution in [0.25, 0.3) is 0 Å². The van der Waals surface area contributed by atoms with Crippen LogP contribution in [0.2, 0.25) is 0 Å². The SMILES string of the molecule is CN=C(NCCNC(=O)Cc1ccc(F)cc1)N1CC2CCCCC2C1. The third kappa shape index (κ3) is 4.96. The lowest BCUT2D eigenvalue weighted by molar-refractivity contribution is -0.120. The number of benzene rings is 1. The number of rotatable bonds is 5. The first-order chi connectivity index (χ1) is 12.7. The maximum atomic E-state index is 12.9. The standard InChI is InChI=1S/C20H29FN4O/c1-22-20(25-13-16-4-2-3-5-17(16)14-25)24-11-10-23-19(26)12-15-6-8-18(21)9-7-15/h6-9,16-17H,2-5,10-14H2,1H3,(H,22,24)(H,23,26). The van der Waals surface area contributed by atoms with Crippen LogP contribution in [0.4, 0.5) is 4.39 Å². The van der Waals surface area contributed by atoms with E-state index in [1.807, 2.05) is 7.05 Å². The lowest BCUT2D eigenvalue weighted by Crippen LogP contribution is -2.43. The van der Waals surface area contributed by atoms with Crippen molar-refractivity contribution in [3.05, 3.63) is 35.6 Å². The molecule has 1 aromatic carbocycles. The van der Waals surface area contributed by atoms with Crippen LogP contribution in [0.3, 0.4) is 0 Å². The number of hydrogen-bond donors (Lipinski definition) is 2. The van der Waals surface area contributed by atoms with E-state index in [1.54, 1.807) is 12.1 Å². The highest BCUT2D eigenvalue weighted by molar-refractivity contribution is 5.80. The Bertz CT molecular complexity index is 617. The number of aliphatic imine (C=N–C) groups is 1. The summed E-state index contributed by atoms with van der Waals surface area (Å²) in [6.45, 7) is 3.38. The topological polar surface area (TPSA) is 56.7 Å². The second-order valence-electron chi connectivity index (χ2n) is 7.34. The van der Waals surface area contributed by atoms with Crippen molar-refractivity contribution in [2.45, 2.75) is 32.1 Å². The van der Waals surface area contributed by atoms with E-state index in [0.29, 0.717) is 13.1 Å². The van der Waals surface area contributed by atoms with Gasteiger partial charge in [-0.15, -0.1) is 0 Å². The first-order valence-corrected chi connectivity index (χ1v) is 9.62. The third-order valence-electron chi connectivity index (χ3n) is 5.50. The molecule has 26 heavy (non-hydrogen) atoms. The minimum absolute atomic E-state index is 0.0550. The van der Waals surface area contributed by atoms with E-state index >= 15 is 0 Å². The highest BCUT2D eigenvalue weighted by Gasteiger charge is 2.35. The molecule has 1 amide bonds. The van der Waals surface area contributed by atoms with E-state index in [4.69, 9.17) is 0 Å². The van der Waals surface area contributed by atoms with Gasteiger partial charge in [0, 0.05) is 33.2 Å². The molecular formula is C20H29FN4O. The zero-order valence-corrected chi connectivity index (χ0v) is 15.5. The van der Waals surface area contributed by atoms with Crippen LogP contribution < -0.4 is 10.6 Å². The molecule has 1 heterocycles. The Kier molecular flexibility index (Phi) is 6.47. The van der Waals surface area contributed by atoms with Crippen LogP contribution in [0.5, 0.6) is 0 Å². The van der Waals surface area contributed by atoms with E-state index in [-0.39, 0.29) is 18.1 Å². The molecule has 142 valence electrons. The number of hydrogen-bond acceptors (Lipinski definition) is 2. The van der Waals surface area contributed by atoms with Gasteiger partial charge in [0.2, 0.25) is 5.91 Å². The van der Waals surface area contributed by atoms with Crippen molar-refractivity contribution in [1.29, 1.82) is 0 Å². The number of carbonyl (C=O) groups excluding carboxylic acids is 1. The van der Waals surface area contributed by atoms with Crippen molar-refractivity contribution in [3.63, 3.8) is 0 Å². The molecule has 2 N–H and O–H groups in total. The average molecular weight is 360 g/mol. The smallest absolute Gasteiger partial charge is 0.224 e. The maximum Gasteiger partial charge on any atom is 0.224 e. The Morgan fingerprint density at radius 1 is 1.12 bits per heavy atom. The molecule has 2 aliphatic rings. The molecule has 1 aromatic rings. The molecule has 1 aliphatic heterocycles. The molecule has 1 saturated heterocycles. The van der Waals surface area contributed by atoms with Gasteiger partial charge in [-0.3, -0.25) is 9.79 Å². The minimum atomic E-state index is -0.286. The van der Waals surface area contributed by atoms with E-state index in [9.17, 15) is 9.18 Å². The number of nitrogens with one attached hydrogen (secondary N) is 2. The number of amides is 1. The molecule has 1 saturated carbocycles. The van der Waals surface area contributed by atoms with Crippen molar-refractivity contribution in [3.8, 4) is 0 Å². The molecule has 2 fully saturated rings. The van der Waals surface area contributed by atoms with Crippen molar-refractivity contribution >= 4 is 11.9 Å². The number of guanidine groups is 1. The van der Waals surface area contributed by atoms with Crippen LogP contribution >= 0.6 is 0 Å². The molecule has 0 spiro atoms. The number of likely N-dealkylation sites (tertiary alicyclic amines) is 1. The summed E-state index contributed by atoms with van der Waals surface area (Å²) in [5, 5.41) is 6.26. The quantitative estimate of drug-likeness (QED) is 0.481. The summed E-state index contributed by atoms with van der Waals surface area (Å²) in [6, 6.07) is 6.04. The van der Waals surface area contributed by atoms with Gasteiger partial charge in [-0.25, -0.2) is 4.39 Å². The number of fused-ring (bicyclic) bond motifs is 1. The highest BCUT2D eigenvalue weighted by Crippen LogP contribution is 2.35. The van der Waals surface area contributed by atoms with Gasteiger partial charge in [0.15, 0.2) is 5.96 Å². The molecule has 2 atom stereocenters. The number of carbonyl (C=O) groups is 1. The Morgan fingerprint density at radius 3 is 2.35 bits per heavy atom. The second-order valence-corrected chi connectivity index (χ2v) is 7.34. The van der Waals surface area contributed by atoms with Gasteiger partial charge in [0.1, 0.15) is 5.82 Å². The van der Waals surface area contributed by atoms with E-state index in [2.05, 4.69) is 20.5 Å². The normalized spacial score (nSPS) is 22.8. The molecule has 2 unspecified atom stereocenters. The lowest BCUT2D eigenvalue weighted by atomic mass is 9.82. The number of halogens is 1. The summed E-state index contributed by atoms with van der Waals surface area (Å²) < 4.78 is 12.9. The third-order valence-corrected chi connectivity index (χ3v) is 5.50. The largest absolute Gasteiger partial charge is 0.354 e. The molecule has 0 aromatic heterocycles. The number of nitrogens with zero attached hydrogens (tertiary/aromatic N) is 2. The van der Waals surface area contributed by atoms with E-state index in [1.165, 1.54) is 37.8 Å². The van der Waals surface area contributed by atoms with Crippen molar-refractivity contribution < 1.29 is 9.18 Å². The Labute approximate surface area is 155 Å². The van der Waals surface area contributed by atoms with Crippen molar-refractivity contribution in [2.75, 3.05) is 33.2 Å². The fourth-order valence-corrected chi connectivity index (χ4v) is 4.14. The summed E-state index contributed by atoms with van der Waals surface area (Å²) in [4.78, 5) is 18.7. The molecule has 5 nitrogen and oxygen atoms in total. The van der Waals surface area contributed by atoms with Gasteiger partial charge in [-0.2, -0.15) is 0 Å². The van der Waals surface area contributed by atoms with Crippen LogP contribution in [0.15, 0.2) is 29.3 Å². The van der Waals surface area contributed by atoms with Crippen molar-refractivity contribution in [2.24, 2.45) is 16.8 Å². The summed E-state index contributed by atoms with van der Waals surface area (Å²) in [5.74, 6) is 2.23. The zero-order chi connectivity index (χ0) is 18.4. The minimum Gasteiger partial charge on any atom is -0.354 e. The lowest BCUT2D eigenvalue weighted by Gasteiger charge is -2.22. The van der Waals surface area contributed by atoms with Crippen molar-refractivity contribution in [1.82, 2.24) is 15.5 Å². The van der Waals surface area contributed by atoms with Crippen LogP contribution in [-0.4, -0.2) is 50.0 Å². The molecular weight excluding hydrogens is 331 g/mol. The monoisotopic (exact) mass is 360 g/mol. The van der Waals surface area contributed by atoms with Gasteiger partial charge in [0.05, 0.1) is 6.42 Å². The van der Waals surface area contributed by atoms with Crippen LogP contribution in [-0.2, 0) is 11.2 Å². The van der Waals surface area contributed by atoms with Crippen LogP contribution in [0, 0.1) is 17.7 Å². The molecule has 0 radical (unpaired) electrons. The Morgan fingerprint density at radius 2 is 1.73 bits per heavy atom. The summed E-state index contributed by atoms with van der Waals surface area (Å²) in [5.41, 5.74) is 0.812. The Hall–Kier alpha value is -2.11. The summed E-state index contributed by atoms with van der Waals surface area (Å²) >= 11 is 0. The second kappa shape index (κ2) is 9.01. The van der Waals surface area contributed by atoms with E-state index in [0.717, 1.165) is 36.4 Å². The maximum absolute atomic E-state index is 12.9. The first kappa shape index (κ1) is 18.7. The molecule has 1 aliphatic carbocycles. The highest BCUT2D eigenvalue weighted by atomic mass is 19.1. The summed E-state index contributed by atoms with van der Waals surface area (Å²) in [6.07, 6.45) is 5.68. The fourth-order valence-electron chi connectivity index (χ4n) is 4.14.